The van der Waals surface area contributed by atoms with Crippen molar-refractivity contribution in [1.82, 2.24) is 15.5 Å². The van der Waals surface area contributed by atoms with E-state index in [4.69, 9.17) is 4.74 Å². The molecule has 0 saturated carbocycles. The monoisotopic (exact) mass is 354 g/mol. The molecule has 2 heterocycles. The number of carbonyl (C=O) groups excluding carboxylic acids is 1. The van der Waals surface area contributed by atoms with Crippen LogP contribution in [0.25, 0.3) is 11.3 Å². The van der Waals surface area contributed by atoms with Crippen LogP contribution in [0.15, 0.2) is 36.4 Å². The molecule has 1 amide bonds. The number of piperidine rings is 1. The Balaban J connectivity index is 1.64. The SMILES string of the molecule is COc1ccccc1-c1ccc(N2CCC(C(=O)NC(C)C)CC2)nn1. The minimum absolute atomic E-state index is 0.0921. The Morgan fingerprint density at radius 3 is 2.50 bits per heavy atom. The van der Waals surface area contributed by atoms with Gasteiger partial charge < -0.3 is 15.0 Å². The van der Waals surface area contributed by atoms with Crippen molar-refractivity contribution < 1.29 is 9.53 Å². The van der Waals surface area contributed by atoms with Crippen molar-refractivity contribution in [2.75, 3.05) is 25.1 Å². The fourth-order valence-electron chi connectivity index (χ4n) is 3.27. The number of carbonyl (C=O) groups is 1. The van der Waals surface area contributed by atoms with Gasteiger partial charge in [-0.05, 0) is 51.0 Å². The van der Waals surface area contributed by atoms with Crippen LogP contribution >= 0.6 is 0 Å². The van der Waals surface area contributed by atoms with Crippen LogP contribution in [-0.2, 0) is 4.79 Å². The lowest BCUT2D eigenvalue weighted by molar-refractivity contribution is -0.126. The van der Waals surface area contributed by atoms with Gasteiger partial charge in [0.25, 0.3) is 0 Å². The molecular formula is C20H26N4O2. The molecule has 1 saturated heterocycles. The second kappa shape index (κ2) is 8.17. The molecule has 1 fully saturated rings. The summed E-state index contributed by atoms with van der Waals surface area (Å²) in [5, 5.41) is 11.8. The van der Waals surface area contributed by atoms with Gasteiger partial charge in [0, 0.05) is 30.6 Å². The fraction of sp³-hybridized carbons (Fsp3) is 0.450. The van der Waals surface area contributed by atoms with Crippen molar-refractivity contribution in [3.63, 3.8) is 0 Å². The maximum Gasteiger partial charge on any atom is 0.223 e. The maximum absolute atomic E-state index is 12.1. The standard InChI is InChI=1S/C20H26N4O2/c1-14(2)21-20(25)15-10-12-24(13-11-15)19-9-8-17(22-23-19)16-6-4-5-7-18(16)26-3/h4-9,14-15H,10-13H2,1-3H3,(H,21,25). The number of hydrogen-bond acceptors (Lipinski definition) is 5. The van der Waals surface area contributed by atoms with Crippen LogP contribution in [0.1, 0.15) is 26.7 Å². The summed E-state index contributed by atoms with van der Waals surface area (Å²) in [7, 11) is 1.65. The van der Waals surface area contributed by atoms with Gasteiger partial charge in [-0.3, -0.25) is 4.79 Å². The van der Waals surface area contributed by atoms with Gasteiger partial charge in [0.2, 0.25) is 5.91 Å². The van der Waals surface area contributed by atoms with Crippen molar-refractivity contribution >= 4 is 11.7 Å². The van der Waals surface area contributed by atoms with Gasteiger partial charge in [0.05, 0.1) is 12.8 Å². The average Bonchev–Trinajstić information content (AvgIpc) is 2.67. The van der Waals surface area contributed by atoms with E-state index in [1.54, 1.807) is 7.11 Å². The number of amides is 1. The lowest BCUT2D eigenvalue weighted by Crippen LogP contribution is -2.42. The number of aromatic nitrogens is 2. The van der Waals surface area contributed by atoms with Crippen LogP contribution in [0.3, 0.4) is 0 Å². The zero-order chi connectivity index (χ0) is 18.5. The lowest BCUT2D eigenvalue weighted by atomic mass is 9.95. The predicted octanol–water partition coefficient (Wildman–Crippen LogP) is 2.89. The molecule has 1 N–H and O–H groups in total. The third-order valence-electron chi connectivity index (χ3n) is 4.65. The van der Waals surface area contributed by atoms with Crippen LogP contribution in [0, 0.1) is 5.92 Å². The number of nitrogens with zero attached hydrogens (tertiary/aromatic N) is 3. The number of methoxy groups -OCH3 is 1. The normalized spacial score (nSPS) is 15.2. The van der Waals surface area contributed by atoms with E-state index in [0.717, 1.165) is 48.8 Å². The summed E-state index contributed by atoms with van der Waals surface area (Å²) >= 11 is 0. The summed E-state index contributed by atoms with van der Waals surface area (Å²) in [6, 6.07) is 11.9. The fourth-order valence-corrected chi connectivity index (χ4v) is 3.27. The summed E-state index contributed by atoms with van der Waals surface area (Å²) in [5.74, 6) is 1.89. The highest BCUT2D eigenvalue weighted by Crippen LogP contribution is 2.29. The van der Waals surface area contributed by atoms with Gasteiger partial charge in [-0.2, -0.15) is 0 Å². The van der Waals surface area contributed by atoms with E-state index in [1.807, 2.05) is 50.2 Å². The number of rotatable bonds is 5. The first-order valence-electron chi connectivity index (χ1n) is 9.11. The Morgan fingerprint density at radius 1 is 1.15 bits per heavy atom. The topological polar surface area (TPSA) is 67.3 Å². The molecule has 138 valence electrons. The molecule has 6 nitrogen and oxygen atoms in total. The Kier molecular flexibility index (Phi) is 5.71. The Morgan fingerprint density at radius 2 is 1.88 bits per heavy atom. The molecule has 0 unspecified atom stereocenters. The summed E-state index contributed by atoms with van der Waals surface area (Å²) in [6.07, 6.45) is 1.68. The first kappa shape index (κ1) is 18.2. The summed E-state index contributed by atoms with van der Waals surface area (Å²) in [5.41, 5.74) is 1.72. The highest BCUT2D eigenvalue weighted by atomic mass is 16.5. The van der Waals surface area contributed by atoms with Gasteiger partial charge in [-0.1, -0.05) is 12.1 Å². The van der Waals surface area contributed by atoms with Crippen LogP contribution < -0.4 is 15.0 Å². The molecule has 6 heteroatoms. The molecule has 0 radical (unpaired) electrons. The number of nitrogens with one attached hydrogen (secondary N) is 1. The number of hydrogen-bond donors (Lipinski definition) is 1. The van der Waals surface area contributed by atoms with Gasteiger partial charge in [0.15, 0.2) is 5.82 Å². The van der Waals surface area contributed by atoms with E-state index < -0.39 is 0 Å². The number of benzene rings is 1. The molecule has 0 aliphatic carbocycles. The van der Waals surface area contributed by atoms with Gasteiger partial charge >= 0.3 is 0 Å². The predicted molar refractivity (Wildman–Crippen MR) is 102 cm³/mol. The summed E-state index contributed by atoms with van der Waals surface area (Å²) in [6.45, 7) is 5.62. The minimum atomic E-state index is 0.0921. The van der Waals surface area contributed by atoms with E-state index in [9.17, 15) is 4.79 Å². The van der Waals surface area contributed by atoms with E-state index in [1.165, 1.54) is 0 Å². The van der Waals surface area contributed by atoms with E-state index in [0.29, 0.717) is 0 Å². The Labute approximate surface area is 154 Å². The van der Waals surface area contributed by atoms with E-state index >= 15 is 0 Å². The largest absolute Gasteiger partial charge is 0.496 e. The molecule has 1 aromatic carbocycles. The highest BCUT2D eigenvalue weighted by molar-refractivity contribution is 5.79. The third-order valence-corrected chi connectivity index (χ3v) is 4.65. The lowest BCUT2D eigenvalue weighted by Gasteiger charge is -2.32. The van der Waals surface area contributed by atoms with Crippen molar-refractivity contribution in [3.05, 3.63) is 36.4 Å². The second-order valence-electron chi connectivity index (χ2n) is 6.90. The third kappa shape index (κ3) is 4.12. The van der Waals surface area contributed by atoms with Crippen molar-refractivity contribution in [2.24, 2.45) is 5.92 Å². The van der Waals surface area contributed by atoms with Gasteiger partial charge in [-0.15, -0.1) is 10.2 Å². The quantitative estimate of drug-likeness (QED) is 0.894. The first-order valence-corrected chi connectivity index (χ1v) is 9.11. The molecule has 2 aromatic rings. The summed E-state index contributed by atoms with van der Waals surface area (Å²) in [4.78, 5) is 14.3. The zero-order valence-electron chi connectivity index (χ0n) is 15.6. The Bertz CT molecular complexity index is 738. The van der Waals surface area contributed by atoms with E-state index in [-0.39, 0.29) is 17.9 Å². The molecule has 0 spiro atoms. The van der Waals surface area contributed by atoms with E-state index in [2.05, 4.69) is 20.4 Å². The molecule has 3 rings (SSSR count). The van der Waals surface area contributed by atoms with Crippen LogP contribution in [0.4, 0.5) is 5.82 Å². The Hall–Kier alpha value is -2.63. The first-order chi connectivity index (χ1) is 12.6. The van der Waals surface area contributed by atoms with Crippen molar-refractivity contribution in [1.29, 1.82) is 0 Å². The average molecular weight is 354 g/mol. The second-order valence-corrected chi connectivity index (χ2v) is 6.90. The molecule has 0 bridgehead atoms. The summed E-state index contributed by atoms with van der Waals surface area (Å²) < 4.78 is 5.39. The van der Waals surface area contributed by atoms with Gasteiger partial charge in [0.1, 0.15) is 5.75 Å². The number of anilines is 1. The highest BCUT2D eigenvalue weighted by Gasteiger charge is 2.26. The van der Waals surface area contributed by atoms with Gasteiger partial charge in [-0.25, -0.2) is 0 Å². The molecule has 0 atom stereocenters. The molecule has 1 aromatic heterocycles. The number of para-hydroxylation sites is 1. The zero-order valence-corrected chi connectivity index (χ0v) is 15.6. The molecule has 1 aliphatic rings. The van der Waals surface area contributed by atoms with Crippen LogP contribution in [-0.4, -0.2) is 42.3 Å². The number of ether oxygens (including phenoxy) is 1. The van der Waals surface area contributed by atoms with Crippen molar-refractivity contribution in [3.8, 4) is 17.0 Å². The molecule has 1 aliphatic heterocycles. The molecule has 26 heavy (non-hydrogen) atoms. The van der Waals surface area contributed by atoms with Crippen LogP contribution in [0.5, 0.6) is 5.75 Å². The smallest absolute Gasteiger partial charge is 0.223 e. The minimum Gasteiger partial charge on any atom is -0.496 e. The molecular weight excluding hydrogens is 328 g/mol. The van der Waals surface area contributed by atoms with Crippen molar-refractivity contribution in [2.45, 2.75) is 32.7 Å². The van der Waals surface area contributed by atoms with Crippen LogP contribution in [0.2, 0.25) is 0 Å². The maximum atomic E-state index is 12.1.